The maximum absolute atomic E-state index is 12.8. The van der Waals surface area contributed by atoms with Gasteiger partial charge in [-0.05, 0) is 116 Å². The van der Waals surface area contributed by atoms with Crippen LogP contribution in [0.15, 0.2) is 97.2 Å². The zero-order valence-electron chi connectivity index (χ0n) is 42.2. The molecule has 370 valence electrons. The summed E-state index contributed by atoms with van der Waals surface area (Å²) in [6.45, 7) is 6.42. The number of rotatable bonds is 47. The summed E-state index contributed by atoms with van der Waals surface area (Å²) >= 11 is 0. The van der Waals surface area contributed by atoms with Crippen LogP contribution in [0.1, 0.15) is 239 Å². The van der Waals surface area contributed by atoms with E-state index in [2.05, 4.69) is 118 Å². The molecule has 0 saturated carbocycles. The number of allylic oxidation sites excluding steroid dienone is 16. The SMILES string of the molecule is CC/C=C\C/C=C\C/C=C\C/C=C\C/C=C\CCCC(=O)OC[C@H](COC(=O)CCCCCCC/C=C\C/C=C\CCCCC)OC(=O)CCCCCCCCC/C=C\CCCCCC. The van der Waals surface area contributed by atoms with Gasteiger partial charge >= 0.3 is 17.9 Å². The second-order valence-electron chi connectivity index (χ2n) is 17.4. The fourth-order valence-electron chi connectivity index (χ4n) is 7.03. The van der Waals surface area contributed by atoms with Gasteiger partial charge < -0.3 is 14.2 Å². The van der Waals surface area contributed by atoms with Crippen molar-refractivity contribution in [3.63, 3.8) is 0 Å². The highest BCUT2D eigenvalue weighted by atomic mass is 16.6. The average molecular weight is 903 g/mol. The minimum atomic E-state index is -0.809. The average Bonchev–Trinajstić information content (AvgIpc) is 3.30. The highest BCUT2D eigenvalue weighted by molar-refractivity contribution is 5.71. The molecule has 0 saturated heterocycles. The summed E-state index contributed by atoms with van der Waals surface area (Å²) < 4.78 is 16.8. The van der Waals surface area contributed by atoms with Crippen molar-refractivity contribution in [1.82, 2.24) is 0 Å². The molecule has 0 radical (unpaired) electrons. The fourth-order valence-corrected chi connectivity index (χ4v) is 7.03. The summed E-state index contributed by atoms with van der Waals surface area (Å²) in [4.78, 5) is 38.0. The Bertz CT molecular complexity index is 1310. The van der Waals surface area contributed by atoms with Gasteiger partial charge in [0.05, 0.1) is 0 Å². The van der Waals surface area contributed by atoms with Crippen molar-refractivity contribution < 1.29 is 28.6 Å². The Labute approximate surface area is 400 Å². The topological polar surface area (TPSA) is 78.9 Å². The number of unbranched alkanes of at least 4 members (excludes halogenated alkanes) is 20. The highest BCUT2D eigenvalue weighted by Gasteiger charge is 2.19. The van der Waals surface area contributed by atoms with Gasteiger partial charge in [0, 0.05) is 19.3 Å². The zero-order chi connectivity index (χ0) is 47.2. The standard InChI is InChI=1S/C59H98O6/c1-4-7-10-13-16-19-22-25-28-29-32-34-37-40-43-46-49-52-58(61)64-55-56(65-59(62)53-50-47-44-41-38-35-31-27-24-21-18-15-12-9-6-3)54-63-57(60)51-48-45-42-39-36-33-30-26-23-20-17-14-11-8-5-2/h7,10,16-17,19-21,24-26,28,30,32,34,40,43,56H,4-6,8-9,11-15,18,22-23,27,29,31,33,35-39,41-42,44-55H2,1-3H3/b10-7-,19-16-,20-17-,24-21-,28-25-,30-26-,34-32-,43-40-/t56-/m0/s1. The lowest BCUT2D eigenvalue weighted by Crippen LogP contribution is -2.30. The van der Waals surface area contributed by atoms with Crippen molar-refractivity contribution >= 4 is 17.9 Å². The van der Waals surface area contributed by atoms with Crippen LogP contribution in [0.4, 0.5) is 0 Å². The van der Waals surface area contributed by atoms with Gasteiger partial charge in [-0.2, -0.15) is 0 Å². The second kappa shape index (κ2) is 52.9. The molecule has 6 heteroatoms. The maximum Gasteiger partial charge on any atom is 0.306 e. The molecule has 1 atom stereocenters. The number of ether oxygens (including phenoxy) is 3. The molecule has 0 aliphatic carbocycles. The van der Waals surface area contributed by atoms with E-state index in [-0.39, 0.29) is 37.5 Å². The Morgan fingerprint density at radius 3 is 1.05 bits per heavy atom. The first kappa shape index (κ1) is 61.3. The van der Waals surface area contributed by atoms with E-state index in [1.54, 1.807) is 0 Å². The largest absolute Gasteiger partial charge is 0.462 e. The van der Waals surface area contributed by atoms with E-state index >= 15 is 0 Å². The normalized spacial score (nSPS) is 12.8. The Hall–Kier alpha value is -3.67. The molecule has 0 bridgehead atoms. The zero-order valence-corrected chi connectivity index (χ0v) is 42.2. The monoisotopic (exact) mass is 903 g/mol. The van der Waals surface area contributed by atoms with Crippen LogP contribution in [0.3, 0.4) is 0 Å². The van der Waals surface area contributed by atoms with E-state index in [4.69, 9.17) is 14.2 Å². The third-order valence-corrected chi connectivity index (χ3v) is 11.0. The fraction of sp³-hybridized carbons (Fsp3) is 0.678. The van der Waals surface area contributed by atoms with E-state index in [0.717, 1.165) is 103 Å². The van der Waals surface area contributed by atoms with E-state index in [9.17, 15) is 14.4 Å². The van der Waals surface area contributed by atoms with Gasteiger partial charge in [0.2, 0.25) is 0 Å². The third kappa shape index (κ3) is 51.2. The van der Waals surface area contributed by atoms with Gasteiger partial charge in [-0.15, -0.1) is 0 Å². The van der Waals surface area contributed by atoms with Crippen LogP contribution in [-0.2, 0) is 28.6 Å². The van der Waals surface area contributed by atoms with Gasteiger partial charge in [-0.1, -0.05) is 201 Å². The lowest BCUT2D eigenvalue weighted by molar-refractivity contribution is -0.167. The molecule has 0 N–H and O–H groups in total. The number of carbonyl (C=O) groups excluding carboxylic acids is 3. The minimum Gasteiger partial charge on any atom is -0.462 e. The molecular weight excluding hydrogens is 805 g/mol. The van der Waals surface area contributed by atoms with Crippen molar-refractivity contribution in [1.29, 1.82) is 0 Å². The van der Waals surface area contributed by atoms with Gasteiger partial charge in [-0.3, -0.25) is 14.4 Å². The molecule has 0 amide bonds. The molecule has 0 aliphatic rings. The smallest absolute Gasteiger partial charge is 0.306 e. The first-order valence-electron chi connectivity index (χ1n) is 26.7. The van der Waals surface area contributed by atoms with Crippen LogP contribution in [-0.4, -0.2) is 37.2 Å². The van der Waals surface area contributed by atoms with Gasteiger partial charge in [0.25, 0.3) is 0 Å². The summed E-state index contributed by atoms with van der Waals surface area (Å²) in [6.07, 6.45) is 69.6. The molecular formula is C59H98O6. The van der Waals surface area contributed by atoms with Crippen LogP contribution < -0.4 is 0 Å². The molecule has 0 fully saturated rings. The second-order valence-corrected chi connectivity index (χ2v) is 17.4. The van der Waals surface area contributed by atoms with E-state index in [1.807, 2.05) is 0 Å². The highest BCUT2D eigenvalue weighted by Crippen LogP contribution is 2.13. The molecule has 0 heterocycles. The summed E-state index contributed by atoms with van der Waals surface area (Å²) in [7, 11) is 0. The molecule has 0 aromatic carbocycles. The third-order valence-electron chi connectivity index (χ3n) is 11.0. The quantitative estimate of drug-likeness (QED) is 0.0262. The van der Waals surface area contributed by atoms with Crippen molar-refractivity contribution in [2.75, 3.05) is 13.2 Å². The van der Waals surface area contributed by atoms with Gasteiger partial charge in [0.1, 0.15) is 13.2 Å². The first-order chi connectivity index (χ1) is 32.0. The summed E-state index contributed by atoms with van der Waals surface area (Å²) in [6, 6.07) is 0. The molecule has 0 rings (SSSR count). The molecule has 0 unspecified atom stereocenters. The Morgan fingerprint density at radius 2 is 0.615 bits per heavy atom. The molecule has 0 aromatic rings. The molecule has 0 aliphatic heterocycles. The number of hydrogen-bond acceptors (Lipinski definition) is 6. The maximum atomic E-state index is 12.8. The van der Waals surface area contributed by atoms with Crippen molar-refractivity contribution in [2.45, 2.75) is 245 Å². The molecule has 6 nitrogen and oxygen atoms in total. The van der Waals surface area contributed by atoms with Crippen LogP contribution in [0.25, 0.3) is 0 Å². The summed E-state index contributed by atoms with van der Waals surface area (Å²) in [5.41, 5.74) is 0. The lowest BCUT2D eigenvalue weighted by Gasteiger charge is -2.18. The van der Waals surface area contributed by atoms with Crippen molar-refractivity contribution in [3.8, 4) is 0 Å². The van der Waals surface area contributed by atoms with E-state index in [1.165, 1.54) is 89.9 Å². The van der Waals surface area contributed by atoms with Crippen molar-refractivity contribution in [2.24, 2.45) is 0 Å². The van der Waals surface area contributed by atoms with Crippen LogP contribution in [0, 0.1) is 0 Å². The first-order valence-corrected chi connectivity index (χ1v) is 26.7. The van der Waals surface area contributed by atoms with Gasteiger partial charge in [-0.25, -0.2) is 0 Å². The molecule has 0 aromatic heterocycles. The Balaban J connectivity index is 4.51. The van der Waals surface area contributed by atoms with Crippen molar-refractivity contribution in [3.05, 3.63) is 97.2 Å². The Morgan fingerprint density at radius 1 is 0.323 bits per heavy atom. The molecule has 65 heavy (non-hydrogen) atoms. The van der Waals surface area contributed by atoms with E-state index in [0.29, 0.717) is 19.3 Å². The molecule has 0 spiro atoms. The van der Waals surface area contributed by atoms with Gasteiger partial charge in [0.15, 0.2) is 6.10 Å². The van der Waals surface area contributed by atoms with E-state index < -0.39 is 6.10 Å². The van der Waals surface area contributed by atoms with Crippen LogP contribution in [0.5, 0.6) is 0 Å². The summed E-state index contributed by atoms with van der Waals surface area (Å²) in [5, 5.41) is 0. The van der Waals surface area contributed by atoms with Crippen LogP contribution >= 0.6 is 0 Å². The summed E-state index contributed by atoms with van der Waals surface area (Å²) in [5.74, 6) is -0.984. The predicted octanol–water partition coefficient (Wildman–Crippen LogP) is 17.8. The Kier molecular flexibility index (Phi) is 50.0. The number of carbonyl (C=O) groups is 3. The number of hydrogen-bond donors (Lipinski definition) is 0. The minimum absolute atomic E-state index is 0.105. The lowest BCUT2D eigenvalue weighted by atomic mass is 10.1. The van der Waals surface area contributed by atoms with Crippen LogP contribution in [0.2, 0.25) is 0 Å². The number of esters is 3. The predicted molar refractivity (Wildman–Crippen MR) is 279 cm³/mol.